The van der Waals surface area contributed by atoms with Crippen LogP contribution in [0, 0.1) is 0 Å². The Kier molecular flexibility index (Phi) is 4.64. The molecular formula is C12H25N3O2S. The molecule has 1 N–H and O–H groups in total. The maximum atomic E-state index is 11.7. The number of rotatable bonds is 6. The van der Waals surface area contributed by atoms with Gasteiger partial charge in [0.25, 0.3) is 0 Å². The van der Waals surface area contributed by atoms with Crippen molar-refractivity contribution in [3.63, 3.8) is 0 Å². The van der Waals surface area contributed by atoms with Crippen molar-refractivity contribution in [2.75, 3.05) is 39.3 Å². The zero-order chi connectivity index (χ0) is 13.2. The number of nitrogens with one attached hydrogen (secondary N) is 1. The Morgan fingerprint density at radius 3 is 2.33 bits per heavy atom. The third-order valence-corrected chi connectivity index (χ3v) is 5.94. The lowest BCUT2D eigenvalue weighted by atomic mass is 10.2. The Morgan fingerprint density at radius 2 is 1.83 bits per heavy atom. The Labute approximate surface area is 111 Å². The lowest BCUT2D eigenvalue weighted by Crippen LogP contribution is -2.52. The van der Waals surface area contributed by atoms with Crippen molar-refractivity contribution in [2.45, 2.75) is 38.0 Å². The molecule has 106 valence electrons. The molecule has 1 saturated carbocycles. The molecule has 1 aliphatic heterocycles. The molecule has 0 aromatic heterocycles. The van der Waals surface area contributed by atoms with Crippen LogP contribution in [-0.4, -0.2) is 68.8 Å². The van der Waals surface area contributed by atoms with E-state index in [1.165, 1.54) is 0 Å². The minimum Gasteiger partial charge on any atom is -0.301 e. The summed E-state index contributed by atoms with van der Waals surface area (Å²) >= 11 is 0. The molecule has 1 aliphatic carbocycles. The van der Waals surface area contributed by atoms with Crippen LogP contribution in [0.5, 0.6) is 0 Å². The molecule has 0 amide bonds. The van der Waals surface area contributed by atoms with Crippen LogP contribution in [0.1, 0.15) is 26.7 Å². The van der Waals surface area contributed by atoms with E-state index in [2.05, 4.69) is 28.4 Å². The second kappa shape index (κ2) is 5.86. The lowest BCUT2D eigenvalue weighted by Gasteiger charge is -2.37. The summed E-state index contributed by atoms with van der Waals surface area (Å²) in [7, 11) is -3.02. The largest absolute Gasteiger partial charge is 0.301 e. The summed E-state index contributed by atoms with van der Waals surface area (Å²) in [6.45, 7) is 10.2. The molecule has 18 heavy (non-hydrogen) atoms. The van der Waals surface area contributed by atoms with E-state index >= 15 is 0 Å². The van der Waals surface area contributed by atoms with Crippen LogP contribution < -0.4 is 4.72 Å². The summed E-state index contributed by atoms with van der Waals surface area (Å²) in [5, 5.41) is -0.110. The summed E-state index contributed by atoms with van der Waals surface area (Å²) in [5.41, 5.74) is 0. The first-order chi connectivity index (χ1) is 8.53. The van der Waals surface area contributed by atoms with Crippen molar-refractivity contribution < 1.29 is 8.42 Å². The van der Waals surface area contributed by atoms with Crippen LogP contribution >= 0.6 is 0 Å². The first kappa shape index (κ1) is 14.2. The van der Waals surface area contributed by atoms with Crippen LogP contribution in [0.15, 0.2) is 0 Å². The third-order valence-electron chi connectivity index (χ3n) is 4.02. The van der Waals surface area contributed by atoms with Crippen LogP contribution in [-0.2, 0) is 10.0 Å². The van der Waals surface area contributed by atoms with E-state index in [9.17, 15) is 8.42 Å². The van der Waals surface area contributed by atoms with E-state index in [0.717, 1.165) is 45.6 Å². The monoisotopic (exact) mass is 275 g/mol. The molecule has 2 aliphatic rings. The Balaban J connectivity index is 1.73. The molecule has 1 saturated heterocycles. The minimum atomic E-state index is -3.02. The van der Waals surface area contributed by atoms with Gasteiger partial charge in [-0.1, -0.05) is 6.92 Å². The molecule has 2 rings (SSSR count). The van der Waals surface area contributed by atoms with Gasteiger partial charge in [-0.05, 0) is 26.3 Å². The molecule has 0 spiro atoms. The van der Waals surface area contributed by atoms with Crippen LogP contribution in [0.4, 0.5) is 0 Å². The summed E-state index contributed by atoms with van der Waals surface area (Å²) in [6, 6.07) is 0.289. The van der Waals surface area contributed by atoms with Crippen molar-refractivity contribution in [2.24, 2.45) is 0 Å². The van der Waals surface area contributed by atoms with Gasteiger partial charge < -0.3 is 4.90 Å². The highest BCUT2D eigenvalue weighted by atomic mass is 32.2. The van der Waals surface area contributed by atoms with Gasteiger partial charge in [-0.3, -0.25) is 4.90 Å². The van der Waals surface area contributed by atoms with Crippen molar-refractivity contribution in [1.82, 2.24) is 14.5 Å². The third kappa shape index (κ3) is 3.66. The van der Waals surface area contributed by atoms with Crippen molar-refractivity contribution in [3.8, 4) is 0 Å². The smallest absolute Gasteiger partial charge is 0.214 e. The highest BCUT2D eigenvalue weighted by Gasteiger charge is 2.35. The zero-order valence-corrected chi connectivity index (χ0v) is 12.2. The van der Waals surface area contributed by atoms with E-state index in [0.29, 0.717) is 6.54 Å². The maximum Gasteiger partial charge on any atom is 0.214 e. The van der Waals surface area contributed by atoms with Crippen molar-refractivity contribution in [3.05, 3.63) is 0 Å². The molecular weight excluding hydrogens is 250 g/mol. The number of likely N-dealkylation sites (N-methyl/N-ethyl adjacent to an activating group) is 1. The van der Waals surface area contributed by atoms with E-state index in [1.54, 1.807) is 0 Å². The number of nitrogens with zero attached hydrogens (tertiary/aromatic N) is 2. The number of hydrogen-bond donors (Lipinski definition) is 1. The van der Waals surface area contributed by atoms with Crippen LogP contribution in [0.25, 0.3) is 0 Å². The second-order valence-electron chi connectivity index (χ2n) is 5.41. The summed E-state index contributed by atoms with van der Waals surface area (Å²) in [6.07, 6.45) is 1.66. The summed E-state index contributed by atoms with van der Waals surface area (Å²) < 4.78 is 26.2. The number of sulfonamides is 1. The normalized spacial score (nSPS) is 25.2. The Morgan fingerprint density at radius 1 is 1.22 bits per heavy atom. The molecule has 0 bridgehead atoms. The van der Waals surface area contributed by atoms with Crippen LogP contribution in [0.2, 0.25) is 0 Å². The van der Waals surface area contributed by atoms with E-state index in [-0.39, 0.29) is 11.3 Å². The van der Waals surface area contributed by atoms with Gasteiger partial charge in [0.1, 0.15) is 0 Å². The standard InChI is InChI=1S/C12H25N3O2S/c1-3-14-6-8-15(9-7-14)11(2)10-13-18(16,17)12-4-5-12/h11-13H,3-10H2,1-2H3. The van der Waals surface area contributed by atoms with Gasteiger partial charge in [0.05, 0.1) is 5.25 Å². The quantitative estimate of drug-likeness (QED) is 0.747. The van der Waals surface area contributed by atoms with Gasteiger partial charge in [-0.15, -0.1) is 0 Å². The fourth-order valence-corrected chi connectivity index (χ4v) is 3.85. The maximum absolute atomic E-state index is 11.7. The molecule has 2 fully saturated rings. The highest BCUT2D eigenvalue weighted by Crippen LogP contribution is 2.27. The fraction of sp³-hybridized carbons (Fsp3) is 1.00. The Bertz CT molecular complexity index is 360. The van der Waals surface area contributed by atoms with Crippen LogP contribution in [0.3, 0.4) is 0 Å². The molecule has 0 aromatic carbocycles. The van der Waals surface area contributed by atoms with E-state index in [4.69, 9.17) is 0 Å². The molecule has 1 atom stereocenters. The topological polar surface area (TPSA) is 52.6 Å². The Hall–Kier alpha value is -0.170. The average Bonchev–Trinajstić information content (AvgIpc) is 3.21. The highest BCUT2D eigenvalue weighted by molar-refractivity contribution is 7.90. The summed E-state index contributed by atoms with van der Waals surface area (Å²) in [4.78, 5) is 4.80. The molecule has 0 radical (unpaired) electrons. The van der Waals surface area contributed by atoms with E-state index in [1.807, 2.05) is 0 Å². The van der Waals surface area contributed by atoms with Gasteiger partial charge in [0, 0.05) is 38.8 Å². The van der Waals surface area contributed by atoms with Gasteiger partial charge in [0.2, 0.25) is 10.0 Å². The molecule has 1 unspecified atom stereocenters. The minimum absolute atomic E-state index is 0.110. The van der Waals surface area contributed by atoms with Crippen molar-refractivity contribution >= 4 is 10.0 Å². The van der Waals surface area contributed by atoms with E-state index < -0.39 is 10.0 Å². The molecule has 0 aromatic rings. The second-order valence-corrected chi connectivity index (χ2v) is 7.46. The fourth-order valence-electron chi connectivity index (χ4n) is 2.38. The van der Waals surface area contributed by atoms with Gasteiger partial charge in [-0.2, -0.15) is 0 Å². The average molecular weight is 275 g/mol. The lowest BCUT2D eigenvalue weighted by molar-refractivity contribution is 0.107. The molecule has 6 heteroatoms. The predicted molar refractivity (Wildman–Crippen MR) is 73.1 cm³/mol. The number of hydrogen-bond acceptors (Lipinski definition) is 4. The van der Waals surface area contributed by atoms with Crippen molar-refractivity contribution in [1.29, 1.82) is 0 Å². The summed E-state index contributed by atoms with van der Waals surface area (Å²) in [5.74, 6) is 0. The SMILES string of the molecule is CCN1CCN(C(C)CNS(=O)(=O)C2CC2)CC1. The molecule has 5 nitrogen and oxygen atoms in total. The zero-order valence-electron chi connectivity index (χ0n) is 11.4. The van der Waals surface area contributed by atoms with Gasteiger partial charge in [0.15, 0.2) is 0 Å². The number of piperazine rings is 1. The predicted octanol–water partition coefficient (Wildman–Crippen LogP) is 0.0942. The first-order valence-corrected chi connectivity index (χ1v) is 8.52. The van der Waals surface area contributed by atoms with Gasteiger partial charge in [-0.25, -0.2) is 13.1 Å². The van der Waals surface area contributed by atoms with Gasteiger partial charge >= 0.3 is 0 Å². The first-order valence-electron chi connectivity index (χ1n) is 6.98. The molecule has 1 heterocycles.